The molecule has 0 unspecified atom stereocenters. The fourth-order valence-corrected chi connectivity index (χ4v) is 5.52. The zero-order chi connectivity index (χ0) is 27.8. The average molecular weight is 561 g/mol. The summed E-state index contributed by atoms with van der Waals surface area (Å²) in [6.07, 6.45) is 1.48. The first kappa shape index (κ1) is 28.4. The number of benzene rings is 2. The van der Waals surface area contributed by atoms with Gasteiger partial charge in [0.25, 0.3) is 5.69 Å². The number of amides is 1. The number of nitro groups is 1. The monoisotopic (exact) mass is 560 g/mol. The Hall–Kier alpha value is -3.65. The molecule has 0 atom stereocenters. The molecule has 1 aromatic heterocycles. The van der Waals surface area contributed by atoms with E-state index in [4.69, 9.17) is 9.15 Å². The van der Waals surface area contributed by atoms with Crippen molar-refractivity contribution in [2.24, 2.45) is 0 Å². The van der Waals surface area contributed by atoms with Crippen LogP contribution in [0.5, 0.6) is 0 Å². The van der Waals surface area contributed by atoms with E-state index in [-0.39, 0.29) is 30.2 Å². The van der Waals surface area contributed by atoms with E-state index in [1.807, 2.05) is 4.90 Å². The number of hydrogen-bond donors (Lipinski definition) is 0. The van der Waals surface area contributed by atoms with Crippen molar-refractivity contribution in [1.82, 2.24) is 14.1 Å². The zero-order valence-corrected chi connectivity index (χ0v) is 22.0. The Bertz CT molecular complexity index is 1340. The van der Waals surface area contributed by atoms with E-state index in [0.717, 1.165) is 16.4 Å². The number of ether oxygens (including phenoxy) is 1. The highest BCUT2D eigenvalue weighted by molar-refractivity contribution is 7.89. The second-order valence-corrected chi connectivity index (χ2v) is 10.9. The number of halogens is 1. The number of nitrogens with zero attached hydrogens (tertiary/aromatic N) is 4. The second-order valence-electron chi connectivity index (χ2n) is 9.00. The Morgan fingerprint density at radius 2 is 1.72 bits per heavy atom. The van der Waals surface area contributed by atoms with Gasteiger partial charge in [-0.15, -0.1) is 0 Å². The van der Waals surface area contributed by atoms with Crippen molar-refractivity contribution in [3.8, 4) is 0 Å². The lowest BCUT2D eigenvalue weighted by atomic mass is 10.2. The fraction of sp³-hybridized carbons (Fsp3) is 0.346. The maximum Gasteiger partial charge on any atom is 0.269 e. The minimum atomic E-state index is -4.18. The Morgan fingerprint density at radius 3 is 2.33 bits per heavy atom. The molecule has 11 nitrogen and oxygen atoms in total. The van der Waals surface area contributed by atoms with Crippen molar-refractivity contribution in [3.05, 3.63) is 94.2 Å². The average Bonchev–Trinajstić information content (AvgIpc) is 3.45. The van der Waals surface area contributed by atoms with Crippen LogP contribution < -0.4 is 0 Å². The lowest BCUT2D eigenvalue weighted by Gasteiger charge is -2.30. The minimum absolute atomic E-state index is 0.0240. The molecule has 0 aliphatic carbocycles. The van der Waals surface area contributed by atoms with Gasteiger partial charge in [-0.1, -0.05) is 12.1 Å². The topological polar surface area (TPSA) is 126 Å². The van der Waals surface area contributed by atoms with Crippen molar-refractivity contribution < 1.29 is 31.7 Å². The van der Waals surface area contributed by atoms with E-state index in [1.54, 1.807) is 24.3 Å². The lowest BCUT2D eigenvalue weighted by molar-refractivity contribution is -0.384. The first-order chi connectivity index (χ1) is 18.7. The van der Waals surface area contributed by atoms with Crippen LogP contribution in [0.1, 0.15) is 11.3 Å². The van der Waals surface area contributed by atoms with E-state index in [9.17, 15) is 27.7 Å². The van der Waals surface area contributed by atoms with Crippen LogP contribution in [-0.2, 0) is 32.6 Å². The highest BCUT2D eigenvalue weighted by atomic mass is 32.2. The predicted octanol–water partition coefficient (Wildman–Crippen LogP) is 2.88. The molecule has 13 heteroatoms. The van der Waals surface area contributed by atoms with Gasteiger partial charge in [-0.3, -0.25) is 19.8 Å². The fourth-order valence-electron chi connectivity index (χ4n) is 4.13. The number of carbonyl (C=O) groups excluding carboxylic acids is 1. The number of hydrogen-bond acceptors (Lipinski definition) is 8. The number of carbonyl (C=O) groups is 1. The zero-order valence-electron chi connectivity index (χ0n) is 21.1. The van der Waals surface area contributed by atoms with Crippen LogP contribution in [0.4, 0.5) is 10.1 Å². The van der Waals surface area contributed by atoms with Crippen LogP contribution in [0.25, 0.3) is 0 Å². The van der Waals surface area contributed by atoms with Crippen molar-refractivity contribution >= 4 is 21.6 Å². The van der Waals surface area contributed by atoms with E-state index in [1.165, 1.54) is 35.4 Å². The maximum atomic E-state index is 13.6. The summed E-state index contributed by atoms with van der Waals surface area (Å²) >= 11 is 0. The normalized spacial score (nSPS) is 14.4. The number of non-ortho nitro benzene ring substituents is 1. The predicted molar refractivity (Wildman–Crippen MR) is 138 cm³/mol. The summed E-state index contributed by atoms with van der Waals surface area (Å²) < 4.78 is 52.6. The van der Waals surface area contributed by atoms with Gasteiger partial charge >= 0.3 is 0 Å². The molecule has 208 valence electrons. The number of morpholine rings is 1. The summed E-state index contributed by atoms with van der Waals surface area (Å²) in [7, 11) is -4.18. The molecule has 1 saturated heterocycles. The summed E-state index contributed by atoms with van der Waals surface area (Å²) in [4.78, 5) is 27.4. The third-order valence-electron chi connectivity index (χ3n) is 6.33. The first-order valence-corrected chi connectivity index (χ1v) is 13.8. The third kappa shape index (κ3) is 7.69. The van der Waals surface area contributed by atoms with Crippen molar-refractivity contribution in [2.45, 2.75) is 18.0 Å². The largest absolute Gasteiger partial charge is 0.467 e. The molecule has 3 aromatic rings. The lowest BCUT2D eigenvalue weighted by Crippen LogP contribution is -2.47. The van der Waals surface area contributed by atoms with Gasteiger partial charge in [0.1, 0.15) is 11.6 Å². The minimum Gasteiger partial charge on any atom is -0.467 e. The molecule has 0 spiro atoms. The van der Waals surface area contributed by atoms with Crippen LogP contribution in [-0.4, -0.2) is 79.3 Å². The molecule has 2 aromatic carbocycles. The van der Waals surface area contributed by atoms with Gasteiger partial charge in [-0.2, -0.15) is 4.31 Å². The summed E-state index contributed by atoms with van der Waals surface area (Å²) in [6, 6.07) is 13.6. The smallest absolute Gasteiger partial charge is 0.269 e. The highest BCUT2D eigenvalue weighted by Crippen LogP contribution is 2.21. The molecule has 2 heterocycles. The number of furan rings is 1. The van der Waals surface area contributed by atoms with Crippen molar-refractivity contribution in [3.63, 3.8) is 0 Å². The molecule has 1 fully saturated rings. The van der Waals surface area contributed by atoms with Gasteiger partial charge in [0.15, 0.2) is 0 Å². The van der Waals surface area contributed by atoms with Gasteiger partial charge in [0.05, 0.1) is 42.4 Å². The Labute approximate surface area is 225 Å². The molecule has 0 radical (unpaired) electrons. The second kappa shape index (κ2) is 12.9. The molecular formula is C26H29FN4O7S. The Kier molecular flexibility index (Phi) is 9.41. The van der Waals surface area contributed by atoms with Crippen LogP contribution in [0.3, 0.4) is 0 Å². The van der Waals surface area contributed by atoms with Gasteiger partial charge < -0.3 is 14.1 Å². The van der Waals surface area contributed by atoms with Crippen LogP contribution >= 0.6 is 0 Å². The molecule has 1 amide bonds. The number of sulfonamides is 1. The highest BCUT2D eigenvalue weighted by Gasteiger charge is 2.30. The molecule has 1 aliphatic rings. The number of rotatable bonds is 12. The van der Waals surface area contributed by atoms with E-state index < -0.39 is 33.2 Å². The quantitative estimate of drug-likeness (QED) is 0.245. The van der Waals surface area contributed by atoms with E-state index in [2.05, 4.69) is 0 Å². The molecule has 39 heavy (non-hydrogen) atoms. The SMILES string of the molecule is O=C(CN(CCN1CCOCC1)S(=O)(=O)c1ccc([N+](=O)[O-])cc1)N(Cc1ccc(F)cc1)Cc1ccco1. The Morgan fingerprint density at radius 1 is 1.03 bits per heavy atom. The standard InChI is InChI=1S/C26H29FN4O7S/c27-22-5-3-21(4-6-22)18-29(19-24-2-1-15-38-24)26(32)20-30(12-11-28-13-16-37-17-14-28)39(35,36)25-9-7-23(8-10-25)31(33)34/h1-10,15H,11-14,16-20H2. The third-order valence-corrected chi connectivity index (χ3v) is 8.19. The van der Waals surface area contributed by atoms with E-state index >= 15 is 0 Å². The molecule has 1 aliphatic heterocycles. The first-order valence-electron chi connectivity index (χ1n) is 12.3. The molecule has 0 bridgehead atoms. The molecular weight excluding hydrogens is 531 g/mol. The summed E-state index contributed by atoms with van der Waals surface area (Å²) in [6.45, 7) is 2.45. The van der Waals surface area contributed by atoms with Crippen LogP contribution in [0, 0.1) is 15.9 Å². The van der Waals surface area contributed by atoms with Gasteiger partial charge in [0, 0.05) is 44.9 Å². The van der Waals surface area contributed by atoms with Crippen molar-refractivity contribution in [2.75, 3.05) is 45.9 Å². The van der Waals surface area contributed by atoms with Crippen LogP contribution in [0.2, 0.25) is 0 Å². The summed E-state index contributed by atoms with van der Waals surface area (Å²) in [5, 5.41) is 11.0. The van der Waals surface area contributed by atoms with E-state index in [0.29, 0.717) is 44.2 Å². The summed E-state index contributed by atoms with van der Waals surface area (Å²) in [5.74, 6) is -0.391. The maximum absolute atomic E-state index is 13.6. The molecule has 0 N–H and O–H groups in total. The molecule has 4 rings (SSSR count). The Balaban J connectivity index is 1.58. The summed E-state index contributed by atoms with van der Waals surface area (Å²) in [5.41, 5.74) is 0.420. The number of nitro benzene ring substituents is 1. The van der Waals surface area contributed by atoms with Gasteiger partial charge in [-0.05, 0) is 42.0 Å². The van der Waals surface area contributed by atoms with Gasteiger partial charge in [-0.25, -0.2) is 12.8 Å². The van der Waals surface area contributed by atoms with Crippen molar-refractivity contribution in [1.29, 1.82) is 0 Å². The molecule has 0 saturated carbocycles. The van der Waals surface area contributed by atoms with Gasteiger partial charge in [0.2, 0.25) is 15.9 Å². The van der Waals surface area contributed by atoms with Crippen LogP contribution in [0.15, 0.2) is 76.2 Å².